The highest BCUT2D eigenvalue weighted by Crippen LogP contribution is 2.09. The molecule has 0 saturated carbocycles. The minimum atomic E-state index is -1.17. The third-order valence-corrected chi connectivity index (χ3v) is 2.27. The molecule has 0 spiro atoms. The van der Waals surface area contributed by atoms with Gasteiger partial charge in [0.1, 0.15) is 6.10 Å². The van der Waals surface area contributed by atoms with E-state index in [2.05, 4.69) is 0 Å². The standard InChI is InChI=1S/C10H22O7/c11-4-3-9(15)8(14)1-2-10(16)17-6-7(13)5-12/h7-16H,1-6H2. The Hall–Kier alpha value is -0.280. The molecule has 104 valence electrons. The number of ether oxygens (including phenoxy) is 1. The molecule has 0 fully saturated rings. The summed E-state index contributed by atoms with van der Waals surface area (Å²) in [6.07, 6.45) is -4.03. The predicted octanol–water partition coefficient (Wildman–Crippen LogP) is -2.44. The van der Waals surface area contributed by atoms with Gasteiger partial charge in [-0.1, -0.05) is 0 Å². The van der Waals surface area contributed by atoms with E-state index in [1.165, 1.54) is 0 Å². The smallest absolute Gasteiger partial charge is 0.154 e. The lowest BCUT2D eigenvalue weighted by Crippen LogP contribution is -2.29. The summed E-state index contributed by atoms with van der Waals surface area (Å²) in [7, 11) is 0. The highest BCUT2D eigenvalue weighted by atomic mass is 16.6. The van der Waals surface area contributed by atoms with Gasteiger partial charge in [0.15, 0.2) is 6.29 Å². The van der Waals surface area contributed by atoms with Crippen molar-refractivity contribution in [2.24, 2.45) is 0 Å². The van der Waals surface area contributed by atoms with E-state index in [-0.39, 0.29) is 32.5 Å². The predicted molar refractivity (Wildman–Crippen MR) is 58.0 cm³/mol. The fourth-order valence-corrected chi connectivity index (χ4v) is 1.19. The Balaban J connectivity index is 3.64. The first-order valence-electron chi connectivity index (χ1n) is 5.56. The van der Waals surface area contributed by atoms with E-state index in [0.717, 1.165) is 0 Å². The van der Waals surface area contributed by atoms with Crippen LogP contribution < -0.4 is 0 Å². The molecular formula is C10H22O7. The molecule has 0 aromatic heterocycles. The van der Waals surface area contributed by atoms with Crippen molar-refractivity contribution in [2.45, 2.75) is 43.9 Å². The largest absolute Gasteiger partial charge is 0.396 e. The van der Waals surface area contributed by atoms with Crippen LogP contribution in [0.15, 0.2) is 0 Å². The molecular weight excluding hydrogens is 232 g/mol. The van der Waals surface area contributed by atoms with Crippen LogP contribution in [-0.4, -0.2) is 75.1 Å². The lowest BCUT2D eigenvalue weighted by atomic mass is 10.1. The van der Waals surface area contributed by atoms with Gasteiger partial charge in [-0.05, 0) is 12.8 Å². The maximum atomic E-state index is 9.40. The van der Waals surface area contributed by atoms with Crippen LogP contribution in [-0.2, 0) is 4.74 Å². The first-order valence-corrected chi connectivity index (χ1v) is 5.56. The van der Waals surface area contributed by atoms with Gasteiger partial charge >= 0.3 is 0 Å². The second kappa shape index (κ2) is 9.72. The number of rotatable bonds is 10. The maximum absolute atomic E-state index is 9.40. The Morgan fingerprint density at radius 1 is 0.824 bits per heavy atom. The highest BCUT2D eigenvalue weighted by Gasteiger charge is 2.17. The van der Waals surface area contributed by atoms with E-state index in [1.807, 2.05) is 0 Å². The Bertz CT molecular complexity index is 178. The number of aliphatic hydroxyl groups excluding tert-OH is 6. The molecule has 6 N–H and O–H groups in total. The number of hydrogen-bond acceptors (Lipinski definition) is 7. The number of aliphatic hydroxyl groups is 6. The summed E-state index contributed by atoms with van der Waals surface area (Å²) in [5.74, 6) is 0. The summed E-state index contributed by atoms with van der Waals surface area (Å²) in [5.41, 5.74) is 0. The molecule has 0 aliphatic carbocycles. The molecule has 7 heteroatoms. The Labute approximate surface area is 99.9 Å². The van der Waals surface area contributed by atoms with Crippen LogP contribution in [0.5, 0.6) is 0 Å². The molecule has 0 heterocycles. The van der Waals surface area contributed by atoms with Gasteiger partial charge in [-0.2, -0.15) is 0 Å². The highest BCUT2D eigenvalue weighted by molar-refractivity contribution is 4.67. The molecule has 0 aliphatic rings. The summed E-state index contributed by atoms with van der Waals surface area (Å²) >= 11 is 0. The van der Waals surface area contributed by atoms with Crippen molar-refractivity contribution in [2.75, 3.05) is 19.8 Å². The fourth-order valence-electron chi connectivity index (χ4n) is 1.19. The van der Waals surface area contributed by atoms with E-state index in [0.29, 0.717) is 0 Å². The van der Waals surface area contributed by atoms with Crippen molar-refractivity contribution in [1.82, 2.24) is 0 Å². The zero-order chi connectivity index (χ0) is 13.3. The summed E-state index contributed by atoms with van der Waals surface area (Å²) in [6.45, 7) is -0.877. The van der Waals surface area contributed by atoms with Crippen LogP contribution in [0.3, 0.4) is 0 Å². The molecule has 0 saturated heterocycles. The van der Waals surface area contributed by atoms with Gasteiger partial charge in [-0.15, -0.1) is 0 Å². The van der Waals surface area contributed by atoms with E-state index in [1.54, 1.807) is 0 Å². The van der Waals surface area contributed by atoms with Gasteiger partial charge in [0.2, 0.25) is 0 Å². The van der Waals surface area contributed by atoms with Crippen molar-refractivity contribution in [3.05, 3.63) is 0 Å². The van der Waals surface area contributed by atoms with E-state index >= 15 is 0 Å². The normalized spacial score (nSPS) is 18.7. The zero-order valence-corrected chi connectivity index (χ0v) is 9.64. The Morgan fingerprint density at radius 3 is 1.94 bits per heavy atom. The van der Waals surface area contributed by atoms with Crippen LogP contribution in [0.2, 0.25) is 0 Å². The summed E-state index contributed by atoms with van der Waals surface area (Å²) < 4.78 is 4.79. The second-order valence-corrected chi connectivity index (χ2v) is 3.85. The van der Waals surface area contributed by atoms with Crippen molar-refractivity contribution < 1.29 is 35.4 Å². The van der Waals surface area contributed by atoms with Gasteiger partial charge in [-0.3, -0.25) is 0 Å². The van der Waals surface area contributed by atoms with Crippen LogP contribution in [0.1, 0.15) is 19.3 Å². The third-order valence-electron chi connectivity index (χ3n) is 2.27. The van der Waals surface area contributed by atoms with Gasteiger partial charge in [0.05, 0.1) is 25.4 Å². The molecule has 0 radical (unpaired) electrons. The van der Waals surface area contributed by atoms with Gasteiger partial charge in [-0.25, -0.2) is 0 Å². The Morgan fingerprint density at radius 2 is 1.41 bits per heavy atom. The van der Waals surface area contributed by atoms with Crippen molar-refractivity contribution >= 4 is 0 Å². The number of hydrogen-bond donors (Lipinski definition) is 6. The molecule has 0 bridgehead atoms. The molecule has 7 nitrogen and oxygen atoms in total. The third kappa shape index (κ3) is 8.44. The quantitative estimate of drug-likeness (QED) is 0.239. The van der Waals surface area contributed by atoms with Crippen molar-refractivity contribution in [3.8, 4) is 0 Å². The van der Waals surface area contributed by atoms with E-state index in [4.69, 9.17) is 20.1 Å². The summed E-state index contributed by atoms with van der Waals surface area (Å²) in [6, 6.07) is 0. The molecule has 0 aromatic rings. The molecule has 0 rings (SSSR count). The average molecular weight is 254 g/mol. The molecule has 0 aromatic carbocycles. The second-order valence-electron chi connectivity index (χ2n) is 3.85. The molecule has 4 unspecified atom stereocenters. The Kier molecular flexibility index (Phi) is 9.56. The van der Waals surface area contributed by atoms with Crippen LogP contribution in [0.25, 0.3) is 0 Å². The topological polar surface area (TPSA) is 131 Å². The van der Waals surface area contributed by atoms with Gasteiger partial charge < -0.3 is 35.4 Å². The minimum absolute atomic E-state index is 0.0708. The van der Waals surface area contributed by atoms with Gasteiger partial charge in [0.25, 0.3) is 0 Å². The molecule has 0 aliphatic heterocycles. The SMILES string of the molecule is OCCC(O)C(O)CCC(O)OCC(O)CO. The van der Waals surface area contributed by atoms with Gasteiger partial charge in [0, 0.05) is 13.0 Å². The monoisotopic (exact) mass is 254 g/mol. The fraction of sp³-hybridized carbons (Fsp3) is 1.00. The van der Waals surface area contributed by atoms with Crippen molar-refractivity contribution in [1.29, 1.82) is 0 Å². The average Bonchev–Trinajstić information content (AvgIpc) is 2.32. The van der Waals surface area contributed by atoms with E-state index < -0.39 is 31.2 Å². The van der Waals surface area contributed by atoms with Crippen molar-refractivity contribution in [3.63, 3.8) is 0 Å². The lowest BCUT2D eigenvalue weighted by Gasteiger charge is -2.19. The van der Waals surface area contributed by atoms with Crippen LogP contribution >= 0.6 is 0 Å². The zero-order valence-electron chi connectivity index (χ0n) is 9.64. The molecule has 4 atom stereocenters. The first kappa shape index (κ1) is 16.7. The summed E-state index contributed by atoms with van der Waals surface area (Å²) in [4.78, 5) is 0. The first-order chi connectivity index (χ1) is 8.01. The maximum Gasteiger partial charge on any atom is 0.154 e. The molecule has 17 heavy (non-hydrogen) atoms. The van der Waals surface area contributed by atoms with Crippen LogP contribution in [0.4, 0.5) is 0 Å². The summed E-state index contributed by atoms with van der Waals surface area (Å²) in [5, 5.41) is 53.9. The van der Waals surface area contributed by atoms with E-state index in [9.17, 15) is 15.3 Å². The lowest BCUT2D eigenvalue weighted by molar-refractivity contribution is -0.135. The van der Waals surface area contributed by atoms with Crippen LogP contribution in [0, 0.1) is 0 Å². The molecule has 0 amide bonds. The minimum Gasteiger partial charge on any atom is -0.396 e.